The third-order valence-electron chi connectivity index (χ3n) is 5.03. The van der Waals surface area contributed by atoms with Crippen molar-refractivity contribution in [3.05, 3.63) is 35.4 Å². The first-order chi connectivity index (χ1) is 16.1. The van der Waals surface area contributed by atoms with Crippen molar-refractivity contribution in [3.8, 4) is 0 Å². The topological polar surface area (TPSA) is 113 Å². The molecule has 10 heteroatoms. The second-order valence-electron chi connectivity index (χ2n) is 10.7. The first-order valence-corrected chi connectivity index (χ1v) is 12.1. The van der Waals surface area contributed by atoms with Crippen LogP contribution in [0, 0.1) is 0 Å². The number of likely N-dealkylation sites (tertiary alicyclic amines) is 1. The standard InChI is InChI=1S/C25H36N2O7S/c1-24(2,3)33-22(31)26-15-18(35)13-19(26)21(30)27(23(32)34-25(4,5)6)14-17-9-7-8-16(12-17)10-11-20(28)29/h7-9,12,18-19,35H,10-11,13-15H2,1-6H3,(H,28,29)/t18-,19-/m0/s1. The van der Waals surface area contributed by atoms with Crippen LogP contribution in [0.15, 0.2) is 24.3 Å². The summed E-state index contributed by atoms with van der Waals surface area (Å²) in [5.41, 5.74) is -0.184. The number of carbonyl (C=O) groups excluding carboxylic acids is 3. The lowest BCUT2D eigenvalue weighted by Crippen LogP contribution is -2.51. The Kier molecular flexibility index (Phi) is 9.22. The molecule has 35 heavy (non-hydrogen) atoms. The van der Waals surface area contributed by atoms with Gasteiger partial charge in [0.25, 0.3) is 5.91 Å². The van der Waals surface area contributed by atoms with E-state index < -0.39 is 41.3 Å². The van der Waals surface area contributed by atoms with E-state index in [0.29, 0.717) is 12.0 Å². The summed E-state index contributed by atoms with van der Waals surface area (Å²) in [7, 11) is 0. The minimum Gasteiger partial charge on any atom is -0.481 e. The maximum atomic E-state index is 13.7. The van der Waals surface area contributed by atoms with Gasteiger partial charge in [-0.2, -0.15) is 12.6 Å². The molecule has 1 saturated heterocycles. The molecular weight excluding hydrogens is 472 g/mol. The van der Waals surface area contributed by atoms with Gasteiger partial charge in [-0.1, -0.05) is 24.3 Å². The van der Waals surface area contributed by atoms with E-state index in [1.54, 1.807) is 65.8 Å². The number of hydrogen-bond donors (Lipinski definition) is 2. The van der Waals surface area contributed by atoms with Crippen LogP contribution in [-0.4, -0.2) is 68.0 Å². The first-order valence-electron chi connectivity index (χ1n) is 11.6. The molecule has 9 nitrogen and oxygen atoms in total. The fraction of sp³-hybridized carbons (Fsp3) is 0.600. The smallest absolute Gasteiger partial charge is 0.417 e. The predicted octanol–water partition coefficient (Wildman–Crippen LogP) is 4.28. The molecule has 1 aromatic rings. The zero-order valence-electron chi connectivity index (χ0n) is 21.2. The van der Waals surface area contributed by atoms with Crippen molar-refractivity contribution < 1.29 is 33.8 Å². The van der Waals surface area contributed by atoms with Crippen LogP contribution < -0.4 is 0 Å². The lowest BCUT2D eigenvalue weighted by molar-refractivity contribution is -0.137. The highest BCUT2D eigenvalue weighted by Gasteiger charge is 2.44. The van der Waals surface area contributed by atoms with Crippen LogP contribution in [0.5, 0.6) is 0 Å². The lowest BCUT2D eigenvalue weighted by atomic mass is 10.1. The van der Waals surface area contributed by atoms with Crippen molar-refractivity contribution in [1.82, 2.24) is 9.80 Å². The molecule has 0 bridgehead atoms. The fourth-order valence-corrected chi connectivity index (χ4v) is 3.99. The SMILES string of the molecule is CC(C)(C)OC(=O)N(Cc1cccc(CCC(=O)O)c1)C(=O)[C@@H]1C[C@H](S)CN1C(=O)OC(C)(C)C. The van der Waals surface area contributed by atoms with Crippen LogP contribution in [0.25, 0.3) is 0 Å². The van der Waals surface area contributed by atoms with Gasteiger partial charge in [0, 0.05) is 18.2 Å². The number of carbonyl (C=O) groups is 4. The minimum absolute atomic E-state index is 0.0333. The molecule has 1 aliphatic rings. The van der Waals surface area contributed by atoms with Crippen LogP contribution >= 0.6 is 12.6 Å². The van der Waals surface area contributed by atoms with Crippen molar-refractivity contribution in [2.75, 3.05) is 6.54 Å². The van der Waals surface area contributed by atoms with Gasteiger partial charge in [-0.3, -0.25) is 14.5 Å². The van der Waals surface area contributed by atoms with E-state index in [0.717, 1.165) is 10.5 Å². The molecule has 0 saturated carbocycles. The third-order valence-corrected chi connectivity index (χ3v) is 5.41. The summed E-state index contributed by atoms with van der Waals surface area (Å²) in [6.45, 7) is 10.4. The molecule has 0 aliphatic carbocycles. The molecule has 1 fully saturated rings. The molecule has 2 rings (SSSR count). The summed E-state index contributed by atoms with van der Waals surface area (Å²) in [5.74, 6) is -1.50. The fourth-order valence-electron chi connectivity index (χ4n) is 3.62. The molecule has 0 spiro atoms. The van der Waals surface area contributed by atoms with E-state index >= 15 is 0 Å². The van der Waals surface area contributed by atoms with Gasteiger partial charge in [0.1, 0.15) is 17.2 Å². The monoisotopic (exact) mass is 508 g/mol. The van der Waals surface area contributed by atoms with Crippen LogP contribution in [-0.2, 0) is 32.0 Å². The highest BCUT2D eigenvalue weighted by Crippen LogP contribution is 2.27. The number of rotatable bonds is 6. The van der Waals surface area contributed by atoms with Gasteiger partial charge in [0.15, 0.2) is 0 Å². The van der Waals surface area contributed by atoms with Gasteiger partial charge in [-0.15, -0.1) is 0 Å². The Morgan fingerprint density at radius 1 is 1.06 bits per heavy atom. The van der Waals surface area contributed by atoms with Crippen molar-refractivity contribution in [1.29, 1.82) is 0 Å². The highest BCUT2D eigenvalue weighted by atomic mass is 32.1. The van der Waals surface area contributed by atoms with Crippen LogP contribution in [0.2, 0.25) is 0 Å². The number of ether oxygens (including phenoxy) is 2. The van der Waals surface area contributed by atoms with E-state index in [2.05, 4.69) is 12.6 Å². The lowest BCUT2D eigenvalue weighted by Gasteiger charge is -2.32. The Morgan fingerprint density at radius 2 is 1.66 bits per heavy atom. The second kappa shape index (κ2) is 11.3. The number of thiol groups is 1. The summed E-state index contributed by atoms with van der Waals surface area (Å²) < 4.78 is 11.0. The number of hydrogen-bond acceptors (Lipinski definition) is 7. The number of aryl methyl sites for hydroxylation is 1. The van der Waals surface area contributed by atoms with Crippen molar-refractivity contribution >= 4 is 36.7 Å². The predicted molar refractivity (Wildman–Crippen MR) is 133 cm³/mol. The molecule has 3 amide bonds. The summed E-state index contributed by atoms with van der Waals surface area (Å²) in [6.07, 6.45) is -0.926. The average molecular weight is 509 g/mol. The summed E-state index contributed by atoms with van der Waals surface area (Å²) in [4.78, 5) is 52.8. The average Bonchev–Trinajstić information content (AvgIpc) is 3.09. The normalized spacial score (nSPS) is 18.2. The van der Waals surface area contributed by atoms with Crippen molar-refractivity contribution in [2.24, 2.45) is 0 Å². The Labute approximate surface area is 212 Å². The molecule has 2 atom stereocenters. The molecule has 0 aromatic heterocycles. The highest BCUT2D eigenvalue weighted by molar-refractivity contribution is 7.81. The Morgan fingerprint density at radius 3 is 2.23 bits per heavy atom. The second-order valence-corrected chi connectivity index (χ2v) is 11.4. The quantitative estimate of drug-likeness (QED) is 0.552. The number of carboxylic acid groups (broad SMARTS) is 1. The molecule has 1 heterocycles. The molecule has 1 aliphatic heterocycles. The number of imide groups is 1. The van der Waals surface area contributed by atoms with Crippen molar-refractivity contribution in [2.45, 2.75) is 89.8 Å². The van der Waals surface area contributed by atoms with Crippen LogP contribution in [0.4, 0.5) is 9.59 Å². The number of aliphatic carboxylic acids is 1. The van der Waals surface area contributed by atoms with E-state index in [9.17, 15) is 19.2 Å². The van der Waals surface area contributed by atoms with Gasteiger partial charge >= 0.3 is 18.2 Å². The minimum atomic E-state index is -0.935. The molecule has 1 aromatic carbocycles. The summed E-state index contributed by atoms with van der Waals surface area (Å²) in [5, 5.41) is 8.71. The summed E-state index contributed by atoms with van der Waals surface area (Å²) in [6, 6.07) is 6.11. The Bertz CT molecular complexity index is 952. The maximum absolute atomic E-state index is 13.7. The van der Waals surface area contributed by atoms with Crippen LogP contribution in [0.1, 0.15) is 65.5 Å². The van der Waals surface area contributed by atoms with Gasteiger partial charge in [0.05, 0.1) is 6.54 Å². The molecular formula is C25H36N2O7S. The van der Waals surface area contributed by atoms with Gasteiger partial charge in [0.2, 0.25) is 0 Å². The van der Waals surface area contributed by atoms with E-state index in [4.69, 9.17) is 14.6 Å². The van der Waals surface area contributed by atoms with Gasteiger partial charge < -0.3 is 14.6 Å². The molecule has 0 unspecified atom stereocenters. The zero-order valence-corrected chi connectivity index (χ0v) is 22.1. The molecule has 194 valence electrons. The number of carboxylic acids is 1. The molecule has 1 N–H and O–H groups in total. The van der Waals surface area contributed by atoms with E-state index in [-0.39, 0.29) is 31.2 Å². The first kappa shape index (κ1) is 28.5. The Balaban J connectivity index is 2.33. The largest absolute Gasteiger partial charge is 0.481 e. The number of benzene rings is 1. The molecule has 0 radical (unpaired) electrons. The Hall–Kier alpha value is -2.75. The zero-order chi connectivity index (χ0) is 26.6. The maximum Gasteiger partial charge on any atom is 0.417 e. The van der Waals surface area contributed by atoms with Gasteiger partial charge in [-0.25, -0.2) is 14.5 Å². The van der Waals surface area contributed by atoms with E-state index in [1.807, 2.05) is 0 Å². The number of amides is 3. The van der Waals surface area contributed by atoms with Gasteiger partial charge in [-0.05, 0) is 65.5 Å². The van der Waals surface area contributed by atoms with Crippen molar-refractivity contribution in [3.63, 3.8) is 0 Å². The van der Waals surface area contributed by atoms with Crippen LogP contribution in [0.3, 0.4) is 0 Å². The third kappa shape index (κ3) is 9.08. The number of nitrogens with zero attached hydrogens (tertiary/aromatic N) is 2. The summed E-state index contributed by atoms with van der Waals surface area (Å²) >= 11 is 4.47. The van der Waals surface area contributed by atoms with E-state index in [1.165, 1.54) is 4.90 Å².